The Morgan fingerprint density at radius 3 is 2.64 bits per heavy atom. The molecule has 120 valence electrons. The maximum absolute atomic E-state index is 11.6. The van der Waals surface area contributed by atoms with Crippen LogP contribution in [0.3, 0.4) is 0 Å². The van der Waals surface area contributed by atoms with E-state index in [1.54, 1.807) is 13.0 Å². The number of hydrogen-bond acceptors (Lipinski definition) is 4. The topological polar surface area (TPSA) is 64.6 Å². The summed E-state index contributed by atoms with van der Waals surface area (Å²) in [5.41, 5.74) is 1.25. The second kappa shape index (κ2) is 8.22. The number of rotatable bonds is 5. The van der Waals surface area contributed by atoms with Crippen LogP contribution in [0.2, 0.25) is 0 Å². The number of benzene rings is 1. The highest BCUT2D eigenvalue weighted by molar-refractivity contribution is 5.87. The molecule has 0 saturated heterocycles. The lowest BCUT2D eigenvalue weighted by atomic mass is 10.1. The van der Waals surface area contributed by atoms with Crippen LogP contribution in [0.4, 0.5) is 4.79 Å². The smallest absolute Gasteiger partial charge is 0.407 e. The molecule has 0 aliphatic rings. The van der Waals surface area contributed by atoms with Crippen molar-refractivity contribution in [2.24, 2.45) is 0 Å². The number of ether oxygens (including phenoxy) is 2. The molecule has 0 saturated carbocycles. The normalized spacial score (nSPS) is 11.3. The Morgan fingerprint density at radius 2 is 2.00 bits per heavy atom. The van der Waals surface area contributed by atoms with E-state index in [4.69, 9.17) is 9.47 Å². The molecule has 0 atom stereocenters. The van der Waals surface area contributed by atoms with Crippen molar-refractivity contribution in [2.45, 2.75) is 39.8 Å². The van der Waals surface area contributed by atoms with Gasteiger partial charge in [-0.3, -0.25) is 0 Å². The standard InChI is InChI=1S/C17H23NO4/c1-5-21-15(19)10-9-13-7-6-8-14(11-13)12-18-16(20)22-17(2,3)4/h6-11H,5,12H2,1-4H3,(H,18,20). The van der Waals surface area contributed by atoms with E-state index in [-0.39, 0.29) is 5.97 Å². The van der Waals surface area contributed by atoms with Gasteiger partial charge in [-0.05, 0) is 51.0 Å². The molecule has 0 radical (unpaired) electrons. The summed E-state index contributed by atoms with van der Waals surface area (Å²) in [5.74, 6) is -0.375. The number of alkyl carbamates (subject to hydrolysis) is 1. The van der Waals surface area contributed by atoms with Gasteiger partial charge < -0.3 is 14.8 Å². The molecule has 0 heterocycles. The zero-order chi connectivity index (χ0) is 16.6. The molecule has 0 aliphatic carbocycles. The number of hydrogen-bond donors (Lipinski definition) is 1. The molecule has 1 aromatic rings. The van der Waals surface area contributed by atoms with Gasteiger partial charge in [0.05, 0.1) is 6.61 Å². The minimum atomic E-state index is -0.520. The van der Waals surface area contributed by atoms with Gasteiger partial charge in [0, 0.05) is 12.6 Å². The molecule has 0 aliphatic heterocycles. The molecule has 0 aromatic heterocycles. The Kier molecular flexibility index (Phi) is 6.63. The summed E-state index contributed by atoms with van der Waals surface area (Å²) in [6, 6.07) is 7.50. The van der Waals surface area contributed by atoms with Crippen molar-refractivity contribution in [3.05, 3.63) is 41.5 Å². The van der Waals surface area contributed by atoms with Crippen molar-refractivity contribution >= 4 is 18.1 Å². The summed E-state index contributed by atoms with van der Waals surface area (Å²) in [5, 5.41) is 2.69. The van der Waals surface area contributed by atoms with Crippen LogP contribution in [0.25, 0.3) is 6.08 Å². The van der Waals surface area contributed by atoms with E-state index in [0.29, 0.717) is 13.2 Å². The molecule has 0 bridgehead atoms. The fourth-order valence-electron chi connectivity index (χ4n) is 1.65. The lowest BCUT2D eigenvalue weighted by Gasteiger charge is -2.19. The number of esters is 1. The fourth-order valence-corrected chi connectivity index (χ4v) is 1.65. The molecule has 1 amide bonds. The van der Waals surface area contributed by atoms with Crippen molar-refractivity contribution in [1.82, 2.24) is 5.32 Å². The lowest BCUT2D eigenvalue weighted by Crippen LogP contribution is -2.32. The zero-order valence-electron chi connectivity index (χ0n) is 13.5. The maximum Gasteiger partial charge on any atom is 0.407 e. The first-order valence-corrected chi connectivity index (χ1v) is 7.21. The summed E-state index contributed by atoms with van der Waals surface area (Å²) in [7, 11) is 0. The molecule has 0 spiro atoms. The first-order valence-electron chi connectivity index (χ1n) is 7.21. The molecular weight excluding hydrogens is 282 g/mol. The number of amides is 1. The van der Waals surface area contributed by atoms with Crippen molar-refractivity contribution in [2.75, 3.05) is 6.61 Å². The van der Waals surface area contributed by atoms with Crippen LogP contribution in [0, 0.1) is 0 Å². The minimum absolute atomic E-state index is 0.350. The Balaban J connectivity index is 2.57. The molecule has 1 rings (SSSR count). The van der Waals surface area contributed by atoms with Crippen molar-refractivity contribution in [3.63, 3.8) is 0 Å². The lowest BCUT2D eigenvalue weighted by molar-refractivity contribution is -0.137. The Labute approximate surface area is 131 Å². The van der Waals surface area contributed by atoms with E-state index in [1.807, 2.05) is 45.0 Å². The van der Waals surface area contributed by atoms with Gasteiger partial charge in [-0.15, -0.1) is 0 Å². The quantitative estimate of drug-likeness (QED) is 0.669. The zero-order valence-corrected chi connectivity index (χ0v) is 13.5. The van der Waals surface area contributed by atoms with Crippen LogP contribution < -0.4 is 5.32 Å². The minimum Gasteiger partial charge on any atom is -0.463 e. The Morgan fingerprint density at radius 1 is 1.27 bits per heavy atom. The molecular formula is C17H23NO4. The van der Waals surface area contributed by atoms with E-state index in [9.17, 15) is 9.59 Å². The average Bonchev–Trinajstić information content (AvgIpc) is 2.42. The number of carbonyl (C=O) groups excluding carboxylic acids is 2. The van der Waals surface area contributed by atoms with Gasteiger partial charge in [-0.25, -0.2) is 9.59 Å². The maximum atomic E-state index is 11.6. The van der Waals surface area contributed by atoms with Gasteiger partial charge >= 0.3 is 12.1 Å². The number of carbonyl (C=O) groups is 2. The van der Waals surface area contributed by atoms with Gasteiger partial charge in [0.2, 0.25) is 0 Å². The van der Waals surface area contributed by atoms with Gasteiger partial charge in [-0.1, -0.05) is 18.2 Å². The van der Waals surface area contributed by atoms with Crippen LogP contribution in [-0.4, -0.2) is 24.3 Å². The highest BCUT2D eigenvalue weighted by Crippen LogP contribution is 2.09. The third-order valence-electron chi connectivity index (χ3n) is 2.49. The van der Waals surface area contributed by atoms with Crippen LogP contribution in [0.1, 0.15) is 38.8 Å². The Bertz CT molecular complexity index is 544. The highest BCUT2D eigenvalue weighted by atomic mass is 16.6. The van der Waals surface area contributed by atoms with E-state index < -0.39 is 11.7 Å². The molecule has 0 fully saturated rings. The van der Waals surface area contributed by atoms with E-state index in [2.05, 4.69) is 5.32 Å². The van der Waals surface area contributed by atoms with E-state index in [0.717, 1.165) is 11.1 Å². The molecule has 22 heavy (non-hydrogen) atoms. The molecule has 0 unspecified atom stereocenters. The monoisotopic (exact) mass is 305 g/mol. The average molecular weight is 305 g/mol. The van der Waals surface area contributed by atoms with E-state index >= 15 is 0 Å². The third-order valence-corrected chi connectivity index (χ3v) is 2.49. The Hall–Kier alpha value is -2.30. The summed E-state index contributed by atoms with van der Waals surface area (Å²) in [6.45, 7) is 7.90. The van der Waals surface area contributed by atoms with Crippen molar-refractivity contribution in [1.29, 1.82) is 0 Å². The molecule has 1 N–H and O–H groups in total. The second-order valence-electron chi connectivity index (χ2n) is 5.69. The largest absolute Gasteiger partial charge is 0.463 e. The molecule has 5 heteroatoms. The fraction of sp³-hybridized carbons (Fsp3) is 0.412. The predicted octanol–water partition coefficient (Wildman–Crippen LogP) is 3.29. The molecule has 1 aromatic carbocycles. The van der Waals surface area contributed by atoms with Crippen molar-refractivity contribution in [3.8, 4) is 0 Å². The number of nitrogens with one attached hydrogen (secondary N) is 1. The van der Waals surface area contributed by atoms with Gasteiger partial charge in [0.15, 0.2) is 0 Å². The summed E-state index contributed by atoms with van der Waals surface area (Å²) in [4.78, 5) is 22.9. The third kappa shape index (κ3) is 7.47. The first-order chi connectivity index (χ1) is 10.3. The van der Waals surface area contributed by atoms with Crippen LogP contribution in [0.5, 0.6) is 0 Å². The summed E-state index contributed by atoms with van der Waals surface area (Å²) >= 11 is 0. The van der Waals surface area contributed by atoms with Crippen LogP contribution in [0.15, 0.2) is 30.3 Å². The molecule has 5 nitrogen and oxygen atoms in total. The van der Waals surface area contributed by atoms with E-state index in [1.165, 1.54) is 6.08 Å². The summed E-state index contributed by atoms with van der Waals surface area (Å²) in [6.07, 6.45) is 2.60. The summed E-state index contributed by atoms with van der Waals surface area (Å²) < 4.78 is 9.99. The van der Waals surface area contributed by atoms with Crippen LogP contribution >= 0.6 is 0 Å². The van der Waals surface area contributed by atoms with Crippen molar-refractivity contribution < 1.29 is 19.1 Å². The SMILES string of the molecule is CCOC(=O)C=Cc1cccc(CNC(=O)OC(C)(C)C)c1. The second-order valence-corrected chi connectivity index (χ2v) is 5.69. The highest BCUT2D eigenvalue weighted by Gasteiger charge is 2.15. The first kappa shape index (κ1) is 17.8. The van der Waals surface area contributed by atoms with Crippen LogP contribution in [-0.2, 0) is 20.8 Å². The van der Waals surface area contributed by atoms with Gasteiger partial charge in [0.25, 0.3) is 0 Å². The predicted molar refractivity (Wildman–Crippen MR) is 85.2 cm³/mol. The van der Waals surface area contributed by atoms with Gasteiger partial charge in [0.1, 0.15) is 5.60 Å². The van der Waals surface area contributed by atoms with Gasteiger partial charge in [-0.2, -0.15) is 0 Å².